The second kappa shape index (κ2) is 8.10. The number of halogens is 1. The Kier molecular flexibility index (Phi) is 5.00. The van der Waals surface area contributed by atoms with Gasteiger partial charge < -0.3 is 9.64 Å². The van der Waals surface area contributed by atoms with E-state index in [1.165, 1.54) is 4.90 Å². The van der Waals surface area contributed by atoms with Crippen LogP contribution in [-0.4, -0.2) is 35.6 Å². The van der Waals surface area contributed by atoms with Crippen molar-refractivity contribution in [2.75, 3.05) is 12.0 Å². The van der Waals surface area contributed by atoms with Gasteiger partial charge in [-0.15, -0.1) is 0 Å². The van der Waals surface area contributed by atoms with Gasteiger partial charge in [0, 0.05) is 16.8 Å². The van der Waals surface area contributed by atoms with Crippen molar-refractivity contribution < 1.29 is 19.1 Å². The van der Waals surface area contributed by atoms with Crippen LogP contribution in [0.3, 0.4) is 0 Å². The van der Waals surface area contributed by atoms with Gasteiger partial charge in [0.25, 0.3) is 0 Å². The molecular weight excluding hydrogens is 464 g/mol. The third-order valence-electron chi connectivity index (χ3n) is 7.19. The van der Waals surface area contributed by atoms with Crippen LogP contribution < -0.4 is 9.64 Å². The number of Topliss-reactive ketones (excluding diaryl/α,β-unsaturated/α-hetero) is 1. The molecule has 0 saturated carbocycles. The molecule has 7 heteroatoms. The lowest BCUT2D eigenvalue weighted by atomic mass is 9.83. The Hall–Kier alpha value is -3.90. The highest BCUT2D eigenvalue weighted by Crippen LogP contribution is 2.53. The lowest BCUT2D eigenvalue weighted by Gasteiger charge is -2.35. The van der Waals surface area contributed by atoms with Gasteiger partial charge in [-0.3, -0.25) is 14.4 Å². The Bertz CT molecular complexity index is 1380. The number of ketones is 1. The average molecular weight is 485 g/mol. The molecule has 174 valence electrons. The van der Waals surface area contributed by atoms with Crippen molar-refractivity contribution in [3.05, 3.63) is 101 Å². The number of nitrogens with zero attached hydrogens (tertiary/aromatic N) is 2. The van der Waals surface area contributed by atoms with E-state index in [1.54, 1.807) is 55.6 Å². The third-order valence-corrected chi connectivity index (χ3v) is 7.44. The quantitative estimate of drug-likeness (QED) is 0.395. The van der Waals surface area contributed by atoms with Gasteiger partial charge in [-0.2, -0.15) is 0 Å². The van der Waals surface area contributed by atoms with Crippen molar-refractivity contribution in [2.24, 2.45) is 11.8 Å². The van der Waals surface area contributed by atoms with Crippen molar-refractivity contribution in [3.8, 4) is 5.75 Å². The lowest BCUT2D eigenvalue weighted by Crippen LogP contribution is -2.44. The number of imide groups is 1. The molecule has 0 aromatic heterocycles. The van der Waals surface area contributed by atoms with Crippen LogP contribution in [-0.2, 0) is 9.59 Å². The molecule has 3 aliphatic rings. The topological polar surface area (TPSA) is 66.9 Å². The Morgan fingerprint density at radius 1 is 0.886 bits per heavy atom. The van der Waals surface area contributed by atoms with E-state index in [0.29, 0.717) is 22.0 Å². The molecule has 1 unspecified atom stereocenters. The summed E-state index contributed by atoms with van der Waals surface area (Å²) in [5.41, 5.74) is 2.85. The first-order chi connectivity index (χ1) is 17.0. The molecule has 2 amide bonds. The first-order valence-electron chi connectivity index (χ1n) is 11.4. The van der Waals surface area contributed by atoms with Crippen LogP contribution in [0.2, 0.25) is 5.02 Å². The molecular formula is C28H21ClN2O4. The fourth-order valence-corrected chi connectivity index (χ4v) is 5.75. The minimum Gasteiger partial charge on any atom is -0.497 e. The largest absolute Gasteiger partial charge is 0.497 e. The number of rotatable bonds is 4. The number of ether oxygens (including phenoxy) is 1. The fourth-order valence-electron chi connectivity index (χ4n) is 5.63. The molecule has 6 rings (SSSR count). The maximum atomic E-state index is 13.9. The fraction of sp³-hybridized carbons (Fsp3) is 0.179. The summed E-state index contributed by atoms with van der Waals surface area (Å²) in [5, 5.41) is 0.512. The lowest BCUT2D eigenvalue weighted by molar-refractivity contribution is -0.123. The van der Waals surface area contributed by atoms with E-state index >= 15 is 0 Å². The molecule has 3 aliphatic heterocycles. The standard InChI is InChI=1S/C28H21ClN2O4/c1-35-20-12-6-17(7-13-20)26(32)25-23-22(24-21-5-3-2-4-16(21)14-15-30(24)25)27(33)31(28(23)34)19-10-8-18(29)9-11-19/h2-15,22-25H,1H3/t22-,23+,24?,25-/m0/s1. The number of carbonyl (C=O) groups excluding carboxylic acids is 3. The van der Waals surface area contributed by atoms with Gasteiger partial charge in [-0.1, -0.05) is 35.9 Å². The van der Waals surface area contributed by atoms with E-state index in [4.69, 9.17) is 16.3 Å². The van der Waals surface area contributed by atoms with Crippen molar-refractivity contribution in [1.29, 1.82) is 0 Å². The van der Waals surface area contributed by atoms with Gasteiger partial charge in [-0.25, -0.2) is 4.90 Å². The number of hydrogen-bond acceptors (Lipinski definition) is 5. The second-order valence-corrected chi connectivity index (χ2v) is 9.35. The zero-order valence-corrected chi connectivity index (χ0v) is 19.6. The van der Waals surface area contributed by atoms with Crippen LogP contribution in [0.1, 0.15) is 27.5 Å². The first kappa shape index (κ1) is 21.6. The smallest absolute Gasteiger partial charge is 0.240 e. The molecule has 0 radical (unpaired) electrons. The zero-order chi connectivity index (χ0) is 24.3. The van der Waals surface area contributed by atoms with Crippen LogP contribution in [0.4, 0.5) is 5.69 Å². The number of fused-ring (bicyclic) bond motifs is 5. The predicted molar refractivity (Wildman–Crippen MR) is 132 cm³/mol. The number of benzene rings is 3. The summed E-state index contributed by atoms with van der Waals surface area (Å²) in [6.07, 6.45) is 3.79. The minimum absolute atomic E-state index is 0.201. The summed E-state index contributed by atoms with van der Waals surface area (Å²) in [5.74, 6) is -1.73. The molecule has 3 heterocycles. The second-order valence-electron chi connectivity index (χ2n) is 8.91. The van der Waals surface area contributed by atoms with E-state index in [9.17, 15) is 14.4 Å². The van der Waals surface area contributed by atoms with Crippen molar-refractivity contribution in [1.82, 2.24) is 4.90 Å². The predicted octanol–water partition coefficient (Wildman–Crippen LogP) is 4.75. The summed E-state index contributed by atoms with van der Waals surface area (Å²) in [4.78, 5) is 44.7. The molecule has 3 aromatic rings. The molecule has 0 aliphatic carbocycles. The van der Waals surface area contributed by atoms with Crippen LogP contribution in [0.5, 0.6) is 5.75 Å². The maximum Gasteiger partial charge on any atom is 0.240 e. The van der Waals surface area contributed by atoms with E-state index < -0.39 is 23.9 Å². The van der Waals surface area contributed by atoms with Gasteiger partial charge in [-0.05, 0) is 65.7 Å². The Labute approximate surface area is 207 Å². The van der Waals surface area contributed by atoms with Gasteiger partial charge >= 0.3 is 0 Å². The van der Waals surface area contributed by atoms with Crippen molar-refractivity contribution >= 4 is 41.0 Å². The Morgan fingerprint density at radius 2 is 1.57 bits per heavy atom. The van der Waals surface area contributed by atoms with Gasteiger partial charge in [0.05, 0.1) is 30.7 Å². The van der Waals surface area contributed by atoms with Crippen molar-refractivity contribution in [2.45, 2.75) is 12.1 Å². The third kappa shape index (κ3) is 3.21. The summed E-state index contributed by atoms with van der Waals surface area (Å²) >= 11 is 6.03. The highest BCUT2D eigenvalue weighted by atomic mass is 35.5. The molecule has 2 fully saturated rings. The summed E-state index contributed by atoms with van der Waals surface area (Å²) in [6.45, 7) is 0. The normalized spacial score (nSPS) is 24.3. The number of anilines is 1. The molecule has 0 N–H and O–H groups in total. The monoisotopic (exact) mass is 484 g/mol. The van der Waals surface area contributed by atoms with Crippen LogP contribution in [0.25, 0.3) is 6.08 Å². The molecule has 35 heavy (non-hydrogen) atoms. The van der Waals surface area contributed by atoms with E-state index in [2.05, 4.69) is 0 Å². The number of methoxy groups -OCH3 is 1. The number of amides is 2. The summed E-state index contributed by atoms with van der Waals surface area (Å²) in [7, 11) is 1.56. The number of carbonyl (C=O) groups is 3. The minimum atomic E-state index is -0.811. The number of hydrogen-bond donors (Lipinski definition) is 0. The maximum absolute atomic E-state index is 13.9. The zero-order valence-electron chi connectivity index (χ0n) is 18.8. The summed E-state index contributed by atoms with van der Waals surface area (Å²) in [6, 6.07) is 20.0. The van der Waals surface area contributed by atoms with E-state index in [1.807, 2.05) is 41.4 Å². The molecule has 0 spiro atoms. The molecule has 6 nitrogen and oxygen atoms in total. The van der Waals surface area contributed by atoms with E-state index in [-0.39, 0.29) is 17.6 Å². The average Bonchev–Trinajstić information content (AvgIpc) is 3.37. The van der Waals surface area contributed by atoms with Crippen molar-refractivity contribution in [3.63, 3.8) is 0 Å². The van der Waals surface area contributed by atoms with Crippen LogP contribution in [0, 0.1) is 11.8 Å². The molecule has 3 aromatic carbocycles. The highest BCUT2D eigenvalue weighted by Gasteiger charge is 2.64. The molecule has 0 bridgehead atoms. The van der Waals surface area contributed by atoms with Gasteiger partial charge in [0.1, 0.15) is 11.8 Å². The van der Waals surface area contributed by atoms with Gasteiger partial charge in [0.15, 0.2) is 5.78 Å². The van der Waals surface area contributed by atoms with Crippen LogP contribution >= 0.6 is 11.6 Å². The Balaban J connectivity index is 1.47. The molecule has 2 saturated heterocycles. The first-order valence-corrected chi connectivity index (χ1v) is 11.7. The summed E-state index contributed by atoms with van der Waals surface area (Å²) < 4.78 is 5.22. The Morgan fingerprint density at radius 3 is 2.29 bits per heavy atom. The van der Waals surface area contributed by atoms with Crippen LogP contribution in [0.15, 0.2) is 79.0 Å². The molecule has 4 atom stereocenters. The SMILES string of the molecule is COc1ccc(C(=O)[C@@H]2[C@@H]3C(=O)N(c4ccc(Cl)cc4)C(=O)[C@@H]3C3c4ccccc4C=CN32)cc1. The van der Waals surface area contributed by atoms with Gasteiger partial charge in [0.2, 0.25) is 11.8 Å². The highest BCUT2D eigenvalue weighted by molar-refractivity contribution is 6.31. The van der Waals surface area contributed by atoms with E-state index in [0.717, 1.165) is 11.1 Å².